The summed E-state index contributed by atoms with van der Waals surface area (Å²) in [5.41, 5.74) is 3.83. The van der Waals surface area contributed by atoms with Crippen molar-refractivity contribution in [2.75, 3.05) is 6.54 Å². The van der Waals surface area contributed by atoms with Crippen molar-refractivity contribution in [3.63, 3.8) is 0 Å². The molecule has 98 valence electrons. The fourth-order valence-corrected chi connectivity index (χ4v) is 2.36. The third-order valence-corrected chi connectivity index (χ3v) is 3.58. The zero-order valence-electron chi connectivity index (χ0n) is 11.3. The molecule has 3 nitrogen and oxygen atoms in total. The number of carbonyl (C=O) groups is 1. The van der Waals surface area contributed by atoms with Crippen molar-refractivity contribution in [2.45, 2.75) is 45.7 Å². The van der Waals surface area contributed by atoms with Crippen molar-refractivity contribution in [3.05, 3.63) is 34.9 Å². The second-order valence-electron chi connectivity index (χ2n) is 5.15. The van der Waals surface area contributed by atoms with Gasteiger partial charge >= 0.3 is 0 Å². The molecule has 1 aliphatic heterocycles. The van der Waals surface area contributed by atoms with Crippen LogP contribution in [0.1, 0.15) is 36.0 Å². The Kier molecular flexibility index (Phi) is 4.37. The van der Waals surface area contributed by atoms with Crippen LogP contribution in [-0.4, -0.2) is 18.5 Å². The molecule has 2 rings (SSSR count). The summed E-state index contributed by atoms with van der Waals surface area (Å²) in [6.07, 6.45) is 3.15. The van der Waals surface area contributed by atoms with Gasteiger partial charge in [-0.1, -0.05) is 23.8 Å². The Labute approximate surface area is 109 Å². The summed E-state index contributed by atoms with van der Waals surface area (Å²) >= 11 is 0. The van der Waals surface area contributed by atoms with E-state index in [0.717, 1.165) is 32.4 Å². The van der Waals surface area contributed by atoms with Crippen molar-refractivity contribution in [1.29, 1.82) is 0 Å². The topological polar surface area (TPSA) is 41.1 Å². The first-order chi connectivity index (χ1) is 8.66. The second kappa shape index (κ2) is 6.01. The summed E-state index contributed by atoms with van der Waals surface area (Å²) in [6.45, 7) is 5.80. The third-order valence-electron chi connectivity index (χ3n) is 3.58. The number of amides is 1. The number of hydrogen-bond donors (Lipinski definition) is 2. The molecule has 1 aromatic rings. The maximum Gasteiger partial charge on any atom is 0.237 e. The van der Waals surface area contributed by atoms with Crippen molar-refractivity contribution in [2.24, 2.45) is 0 Å². The predicted octanol–water partition coefficient (Wildman–Crippen LogP) is 2.06. The zero-order chi connectivity index (χ0) is 13.0. The van der Waals surface area contributed by atoms with E-state index < -0.39 is 0 Å². The first kappa shape index (κ1) is 13.1. The largest absolute Gasteiger partial charge is 0.355 e. The lowest BCUT2D eigenvalue weighted by molar-refractivity contribution is -0.122. The average molecular weight is 246 g/mol. The van der Waals surface area contributed by atoms with E-state index in [1.54, 1.807) is 0 Å². The molecule has 1 unspecified atom stereocenters. The van der Waals surface area contributed by atoms with E-state index in [-0.39, 0.29) is 11.9 Å². The summed E-state index contributed by atoms with van der Waals surface area (Å²) in [5, 5.41) is 6.34. The Morgan fingerprint density at radius 3 is 3.00 bits per heavy atom. The lowest BCUT2D eigenvalue weighted by Crippen LogP contribution is -2.42. The van der Waals surface area contributed by atoms with Crippen molar-refractivity contribution >= 4 is 5.91 Å². The van der Waals surface area contributed by atoms with E-state index in [9.17, 15) is 4.79 Å². The monoisotopic (exact) mass is 246 g/mol. The van der Waals surface area contributed by atoms with Crippen LogP contribution in [0.15, 0.2) is 18.2 Å². The Hall–Kier alpha value is -1.35. The van der Waals surface area contributed by atoms with Crippen LogP contribution in [0.2, 0.25) is 0 Å². The Bertz CT molecular complexity index is 429. The van der Waals surface area contributed by atoms with Gasteiger partial charge in [-0.25, -0.2) is 0 Å². The molecular weight excluding hydrogens is 224 g/mol. The highest BCUT2D eigenvalue weighted by Crippen LogP contribution is 2.12. The summed E-state index contributed by atoms with van der Waals surface area (Å²) in [4.78, 5) is 11.8. The lowest BCUT2D eigenvalue weighted by atomic mass is 10.0. The van der Waals surface area contributed by atoms with E-state index in [1.807, 2.05) is 0 Å². The number of benzene rings is 1. The van der Waals surface area contributed by atoms with Crippen LogP contribution in [-0.2, 0) is 11.3 Å². The number of aryl methyl sites for hydroxylation is 2. The van der Waals surface area contributed by atoms with E-state index in [1.165, 1.54) is 16.7 Å². The Morgan fingerprint density at radius 2 is 2.17 bits per heavy atom. The second-order valence-corrected chi connectivity index (χ2v) is 5.15. The minimum atomic E-state index is -0.0348. The molecule has 1 aliphatic rings. The quantitative estimate of drug-likeness (QED) is 0.857. The van der Waals surface area contributed by atoms with Crippen LogP contribution in [0.5, 0.6) is 0 Å². The first-order valence-corrected chi connectivity index (χ1v) is 6.74. The van der Waals surface area contributed by atoms with Gasteiger partial charge in [-0.3, -0.25) is 4.79 Å². The van der Waals surface area contributed by atoms with Crippen LogP contribution in [0.3, 0.4) is 0 Å². The maximum absolute atomic E-state index is 11.8. The Morgan fingerprint density at radius 1 is 1.33 bits per heavy atom. The highest BCUT2D eigenvalue weighted by Gasteiger charge is 2.19. The molecule has 1 heterocycles. The summed E-state index contributed by atoms with van der Waals surface area (Å²) in [5.74, 6) is 0.151. The summed E-state index contributed by atoms with van der Waals surface area (Å²) in [6, 6.07) is 6.42. The lowest BCUT2D eigenvalue weighted by Gasteiger charge is -2.16. The van der Waals surface area contributed by atoms with Gasteiger partial charge in [0, 0.05) is 13.1 Å². The van der Waals surface area contributed by atoms with Gasteiger partial charge in [-0.05, 0) is 44.2 Å². The smallest absolute Gasteiger partial charge is 0.237 e. The van der Waals surface area contributed by atoms with Crippen molar-refractivity contribution < 1.29 is 4.79 Å². The molecule has 0 radical (unpaired) electrons. The molecule has 1 saturated heterocycles. The van der Waals surface area contributed by atoms with Crippen molar-refractivity contribution in [1.82, 2.24) is 10.6 Å². The Balaban J connectivity index is 1.97. The molecular formula is C15H22N2O. The maximum atomic E-state index is 11.8. The van der Waals surface area contributed by atoms with Gasteiger partial charge in [0.1, 0.15) is 0 Å². The van der Waals surface area contributed by atoms with Gasteiger partial charge in [-0.15, -0.1) is 0 Å². The van der Waals surface area contributed by atoms with E-state index in [0.29, 0.717) is 0 Å². The van der Waals surface area contributed by atoms with Gasteiger partial charge in [0.25, 0.3) is 0 Å². The van der Waals surface area contributed by atoms with Crippen LogP contribution < -0.4 is 10.6 Å². The SMILES string of the molecule is Cc1ccc(C)c(CNC2CCCCNC2=O)c1. The molecule has 0 spiro atoms. The fourth-order valence-electron chi connectivity index (χ4n) is 2.36. The van der Waals surface area contributed by atoms with E-state index in [4.69, 9.17) is 0 Å². The average Bonchev–Trinajstić information content (AvgIpc) is 2.55. The van der Waals surface area contributed by atoms with Crippen LogP contribution in [0.4, 0.5) is 0 Å². The van der Waals surface area contributed by atoms with E-state index in [2.05, 4.69) is 42.7 Å². The molecule has 0 bridgehead atoms. The van der Waals surface area contributed by atoms with Crippen LogP contribution in [0.25, 0.3) is 0 Å². The minimum absolute atomic E-state index is 0.0348. The number of nitrogens with one attached hydrogen (secondary N) is 2. The molecule has 18 heavy (non-hydrogen) atoms. The standard InChI is InChI=1S/C15H22N2O/c1-11-6-7-12(2)13(9-11)10-17-14-5-3-4-8-16-15(14)18/h6-7,9,14,17H,3-5,8,10H2,1-2H3,(H,16,18). The number of hydrogen-bond acceptors (Lipinski definition) is 2. The minimum Gasteiger partial charge on any atom is -0.355 e. The number of rotatable bonds is 3. The third kappa shape index (κ3) is 3.33. The molecule has 3 heteroatoms. The zero-order valence-corrected chi connectivity index (χ0v) is 11.3. The summed E-state index contributed by atoms with van der Waals surface area (Å²) < 4.78 is 0. The van der Waals surface area contributed by atoms with Crippen LogP contribution in [0, 0.1) is 13.8 Å². The fraction of sp³-hybridized carbons (Fsp3) is 0.533. The highest BCUT2D eigenvalue weighted by molar-refractivity contribution is 5.81. The van der Waals surface area contributed by atoms with Gasteiger partial charge in [0.2, 0.25) is 5.91 Å². The van der Waals surface area contributed by atoms with E-state index >= 15 is 0 Å². The molecule has 2 N–H and O–H groups in total. The molecule has 1 fully saturated rings. The number of carbonyl (C=O) groups excluding carboxylic acids is 1. The predicted molar refractivity (Wildman–Crippen MR) is 73.4 cm³/mol. The highest BCUT2D eigenvalue weighted by atomic mass is 16.2. The van der Waals surface area contributed by atoms with Crippen LogP contribution >= 0.6 is 0 Å². The molecule has 1 amide bonds. The molecule has 1 atom stereocenters. The van der Waals surface area contributed by atoms with Gasteiger partial charge in [-0.2, -0.15) is 0 Å². The molecule has 1 aromatic carbocycles. The van der Waals surface area contributed by atoms with Gasteiger partial charge in [0.05, 0.1) is 6.04 Å². The van der Waals surface area contributed by atoms with Gasteiger partial charge < -0.3 is 10.6 Å². The first-order valence-electron chi connectivity index (χ1n) is 6.74. The normalized spacial score (nSPS) is 20.3. The molecule has 0 aliphatic carbocycles. The van der Waals surface area contributed by atoms with Gasteiger partial charge in [0.15, 0.2) is 0 Å². The van der Waals surface area contributed by atoms with Crippen molar-refractivity contribution in [3.8, 4) is 0 Å². The molecule has 0 aromatic heterocycles. The molecule has 0 saturated carbocycles. The summed E-state index contributed by atoms with van der Waals surface area (Å²) in [7, 11) is 0.